The number of aryl methyl sites for hydroxylation is 2. The average molecular weight is 650 g/mol. The van der Waals surface area contributed by atoms with Crippen molar-refractivity contribution in [3.63, 3.8) is 0 Å². The number of nitrogens with zero attached hydrogens (tertiary/aromatic N) is 1. The van der Waals surface area contributed by atoms with Crippen molar-refractivity contribution in [1.82, 2.24) is 5.32 Å². The molecule has 31 heavy (non-hydrogen) atoms. The Hall–Kier alpha value is -1.03. The molecule has 0 heterocycles. The van der Waals surface area contributed by atoms with E-state index in [1.165, 1.54) is 56.1 Å². The van der Waals surface area contributed by atoms with E-state index < -0.39 is 0 Å². The number of hydrogen-bond acceptors (Lipinski definition) is 2. The smallest absolute Gasteiger partial charge is 0.0991 e. The van der Waals surface area contributed by atoms with Crippen LogP contribution in [0.3, 0.4) is 0 Å². The summed E-state index contributed by atoms with van der Waals surface area (Å²) < 4.78 is 0. The fourth-order valence-corrected chi connectivity index (χ4v) is 3.96. The van der Waals surface area contributed by atoms with E-state index in [-0.39, 0.29) is 31.1 Å². The molecule has 3 nitrogen and oxygen atoms in total. The normalized spacial score (nSPS) is 19.6. The monoisotopic (exact) mass is 649 g/mol. The van der Waals surface area contributed by atoms with Gasteiger partial charge in [0.2, 0.25) is 0 Å². The van der Waals surface area contributed by atoms with E-state index in [0.29, 0.717) is 11.3 Å². The molecular weight excluding hydrogens is 606 g/mol. The Bertz CT molecular complexity index is 666. The summed E-state index contributed by atoms with van der Waals surface area (Å²) >= 11 is 0. The van der Waals surface area contributed by atoms with E-state index in [0.717, 1.165) is 18.5 Å². The van der Waals surface area contributed by atoms with Gasteiger partial charge >= 0.3 is 0 Å². The summed E-state index contributed by atoms with van der Waals surface area (Å²) in [7, 11) is 0. The molecule has 0 saturated heterocycles. The maximum absolute atomic E-state index is 10.1. The molecule has 2 atom stereocenters. The number of carbonyl (C=O) groups excluding carboxylic acids is 1. The van der Waals surface area contributed by atoms with E-state index in [1.807, 2.05) is 39.0 Å². The minimum Gasteiger partial charge on any atom is -0.530 e. The van der Waals surface area contributed by atoms with Crippen LogP contribution in [-0.2, 0) is 4.79 Å². The molecule has 0 radical (unpaired) electrons. The number of nitrogens with one attached hydrogen (secondary N) is 1. The van der Waals surface area contributed by atoms with Gasteiger partial charge < -0.3 is 10.1 Å². The third-order valence-electron chi connectivity index (χ3n) is 5.88. The molecule has 1 unspecified atom stereocenters. The first-order chi connectivity index (χ1) is 14.4. The Labute approximate surface area is 215 Å². The van der Waals surface area contributed by atoms with Gasteiger partial charge in [0.1, 0.15) is 0 Å². The second kappa shape index (κ2) is 19.6. The standard InChI is InChI=1S/C13H24NO.C9H9N.C5H10.U/c1-3-4-7-13(2)8-5-6-12(9-13)10-14-11-15;1-7-3-4-9(6-10)5-8(7)2;1-3-5-4-2;/h12H,3-10H2,1-2H3,(H,14,15);3-5H,1-2H3;3,5H,4H2,1-2H3;/q-1;;;/b;;5-3-;/t12?,13-;;;/m0.../s1. The summed E-state index contributed by atoms with van der Waals surface area (Å²) in [6.07, 6.45) is 16.4. The molecule has 172 valence electrons. The van der Waals surface area contributed by atoms with Crippen LogP contribution in [0.15, 0.2) is 30.4 Å². The molecule has 1 N–H and O–H groups in total. The van der Waals surface area contributed by atoms with Crippen molar-refractivity contribution in [2.45, 2.75) is 92.9 Å². The van der Waals surface area contributed by atoms with Crippen LogP contribution in [0.25, 0.3) is 0 Å². The molecular formula is C27H43N2OU-. The van der Waals surface area contributed by atoms with E-state index in [1.54, 1.807) is 6.41 Å². The van der Waals surface area contributed by atoms with Crippen LogP contribution in [0.4, 0.5) is 0 Å². The molecule has 0 bridgehead atoms. The van der Waals surface area contributed by atoms with E-state index in [4.69, 9.17) is 5.26 Å². The molecule has 1 amide bonds. The number of allylic oxidation sites excluding steroid dienone is 2. The zero-order chi connectivity index (χ0) is 22.8. The molecule has 0 spiro atoms. The second-order valence-corrected chi connectivity index (χ2v) is 8.75. The fourth-order valence-electron chi connectivity index (χ4n) is 3.96. The van der Waals surface area contributed by atoms with Crippen LogP contribution in [0.1, 0.15) is 95.8 Å². The zero-order valence-corrected chi connectivity index (χ0v) is 24.8. The van der Waals surface area contributed by atoms with Gasteiger partial charge in [-0.05, 0) is 94.0 Å². The molecule has 1 aromatic carbocycles. The summed E-state index contributed by atoms with van der Waals surface area (Å²) in [5.41, 5.74) is 3.69. The molecule has 1 aliphatic carbocycles. The number of unbranched alkanes of at least 4 members (excludes halogenated alkanes) is 1. The molecule has 4 heteroatoms. The van der Waals surface area contributed by atoms with Crippen molar-refractivity contribution in [2.24, 2.45) is 11.3 Å². The Kier molecular flexibility index (Phi) is 20.4. The van der Waals surface area contributed by atoms with Crippen molar-refractivity contribution in [1.29, 1.82) is 5.26 Å². The Morgan fingerprint density at radius 1 is 1.29 bits per heavy atom. The maximum Gasteiger partial charge on any atom is 0.0991 e. The SMILES string of the molecule is C/C=C\CC.CCCC[C@@]1(C)CCCC(CN[C-]=O)C1.Cc1ccc(C#N)cc1C.[U]. The van der Waals surface area contributed by atoms with Crippen LogP contribution in [-0.4, -0.2) is 13.0 Å². The largest absolute Gasteiger partial charge is 0.530 e. The van der Waals surface area contributed by atoms with Crippen LogP contribution >= 0.6 is 0 Å². The van der Waals surface area contributed by atoms with E-state index in [2.05, 4.69) is 44.3 Å². The van der Waals surface area contributed by atoms with Crippen molar-refractivity contribution < 1.29 is 35.9 Å². The molecule has 0 aromatic heterocycles. The Morgan fingerprint density at radius 3 is 2.48 bits per heavy atom. The third-order valence-corrected chi connectivity index (χ3v) is 5.88. The van der Waals surface area contributed by atoms with Gasteiger partial charge in [-0.25, -0.2) is 0 Å². The molecule has 2 rings (SSSR count). The number of nitriles is 1. The number of benzene rings is 1. The molecule has 1 saturated carbocycles. The van der Waals surface area contributed by atoms with Crippen molar-refractivity contribution >= 4 is 6.41 Å². The Morgan fingerprint density at radius 2 is 2.00 bits per heavy atom. The summed E-state index contributed by atoms with van der Waals surface area (Å²) in [5.74, 6) is 0.682. The van der Waals surface area contributed by atoms with Gasteiger partial charge in [0.05, 0.1) is 11.6 Å². The van der Waals surface area contributed by atoms with Crippen molar-refractivity contribution in [3.8, 4) is 6.07 Å². The van der Waals surface area contributed by atoms with Crippen LogP contribution in [0.2, 0.25) is 0 Å². The van der Waals surface area contributed by atoms with Gasteiger partial charge in [-0.2, -0.15) is 11.7 Å². The Balaban J connectivity index is 0. The van der Waals surface area contributed by atoms with Gasteiger partial charge in [0, 0.05) is 31.1 Å². The first-order valence-corrected chi connectivity index (χ1v) is 11.5. The molecule has 1 fully saturated rings. The quantitative estimate of drug-likeness (QED) is 0.193. The predicted molar refractivity (Wildman–Crippen MR) is 129 cm³/mol. The van der Waals surface area contributed by atoms with Gasteiger partial charge in [0.25, 0.3) is 0 Å². The van der Waals surface area contributed by atoms with Crippen molar-refractivity contribution in [2.75, 3.05) is 6.54 Å². The summed E-state index contributed by atoms with van der Waals surface area (Å²) in [4.78, 5) is 10.1. The zero-order valence-electron chi connectivity index (χ0n) is 20.7. The minimum atomic E-state index is 0. The fraction of sp³-hybridized carbons (Fsp3) is 0.630. The van der Waals surface area contributed by atoms with Gasteiger partial charge in [-0.15, -0.1) is 0 Å². The second-order valence-electron chi connectivity index (χ2n) is 8.75. The first kappa shape index (κ1) is 32.2. The molecule has 1 aliphatic rings. The summed E-state index contributed by atoms with van der Waals surface area (Å²) in [6.45, 7) is 13.7. The molecule has 1 aromatic rings. The predicted octanol–water partition coefficient (Wildman–Crippen LogP) is 7.18. The number of amides is 1. The van der Waals surface area contributed by atoms with Crippen LogP contribution in [0, 0.1) is 67.6 Å². The first-order valence-electron chi connectivity index (χ1n) is 11.5. The maximum atomic E-state index is 10.1. The van der Waals surface area contributed by atoms with Gasteiger partial charge in [0.15, 0.2) is 0 Å². The number of hydrogen-bond donors (Lipinski definition) is 1. The number of rotatable bonds is 7. The van der Waals surface area contributed by atoms with Crippen LogP contribution < -0.4 is 5.32 Å². The van der Waals surface area contributed by atoms with Gasteiger partial charge in [-0.3, -0.25) is 0 Å². The van der Waals surface area contributed by atoms with Gasteiger partial charge in [-0.1, -0.05) is 58.3 Å². The summed E-state index contributed by atoms with van der Waals surface area (Å²) in [6, 6.07) is 7.79. The average Bonchev–Trinajstić information content (AvgIpc) is 2.74. The van der Waals surface area contributed by atoms with Crippen LogP contribution in [0.5, 0.6) is 0 Å². The van der Waals surface area contributed by atoms with E-state index in [9.17, 15) is 4.79 Å². The van der Waals surface area contributed by atoms with E-state index >= 15 is 0 Å². The van der Waals surface area contributed by atoms with Crippen molar-refractivity contribution in [3.05, 3.63) is 47.0 Å². The molecule has 0 aliphatic heterocycles. The summed E-state index contributed by atoms with van der Waals surface area (Å²) in [5, 5.41) is 11.2. The topological polar surface area (TPSA) is 52.9 Å². The third kappa shape index (κ3) is 15.4. The minimum absolute atomic E-state index is 0.